The third-order valence-electron chi connectivity index (χ3n) is 4.39. The van der Waals surface area contributed by atoms with Gasteiger partial charge in [0.05, 0.1) is 6.54 Å². The minimum Gasteiger partial charge on any atom is -0.293 e. The highest BCUT2D eigenvalue weighted by molar-refractivity contribution is 5.97. The number of Topliss-reactive ketones (excluding diaryl/α,β-unsaturated/α-hetero) is 1. The van der Waals surface area contributed by atoms with E-state index in [4.69, 9.17) is 0 Å². The van der Waals surface area contributed by atoms with Crippen molar-refractivity contribution >= 4 is 5.78 Å². The second-order valence-corrected chi connectivity index (χ2v) is 6.10. The molecule has 0 amide bonds. The van der Waals surface area contributed by atoms with Crippen molar-refractivity contribution in [3.63, 3.8) is 0 Å². The lowest BCUT2D eigenvalue weighted by Gasteiger charge is -2.28. The van der Waals surface area contributed by atoms with Crippen LogP contribution in [0.2, 0.25) is 0 Å². The molecular weight excluding hydrogens is 270 g/mol. The molecule has 0 radical (unpaired) electrons. The fourth-order valence-electron chi connectivity index (χ4n) is 3.13. The molecule has 22 heavy (non-hydrogen) atoms. The van der Waals surface area contributed by atoms with Gasteiger partial charge < -0.3 is 0 Å². The summed E-state index contributed by atoms with van der Waals surface area (Å²) in [7, 11) is 0. The number of carbonyl (C=O) groups is 1. The molecule has 0 spiro atoms. The topological polar surface area (TPSA) is 20.3 Å². The van der Waals surface area contributed by atoms with Gasteiger partial charge in [0.1, 0.15) is 0 Å². The van der Waals surface area contributed by atoms with Crippen molar-refractivity contribution in [1.82, 2.24) is 4.90 Å². The van der Waals surface area contributed by atoms with Gasteiger partial charge in [0.25, 0.3) is 0 Å². The monoisotopic (exact) mass is 293 g/mol. The largest absolute Gasteiger partial charge is 0.293 e. The van der Waals surface area contributed by atoms with Crippen LogP contribution in [0.5, 0.6) is 0 Å². The number of ketones is 1. The molecule has 1 heterocycles. The van der Waals surface area contributed by atoms with E-state index in [1.807, 2.05) is 12.1 Å². The SMILES string of the molecule is CCCc1ccc(C(=O)CN2CCc3ccccc3C2)cc1. The van der Waals surface area contributed by atoms with Gasteiger partial charge in [0.2, 0.25) is 0 Å². The zero-order valence-electron chi connectivity index (χ0n) is 13.2. The molecule has 1 aliphatic heterocycles. The zero-order valence-corrected chi connectivity index (χ0v) is 13.2. The first-order valence-electron chi connectivity index (χ1n) is 8.17. The molecule has 0 unspecified atom stereocenters. The smallest absolute Gasteiger partial charge is 0.176 e. The highest BCUT2D eigenvalue weighted by Gasteiger charge is 2.18. The Morgan fingerprint density at radius 1 is 1.05 bits per heavy atom. The van der Waals surface area contributed by atoms with E-state index in [-0.39, 0.29) is 5.78 Å². The average Bonchev–Trinajstić information content (AvgIpc) is 2.56. The summed E-state index contributed by atoms with van der Waals surface area (Å²) in [5.74, 6) is 0.224. The molecule has 0 aliphatic carbocycles. The number of hydrogen-bond acceptors (Lipinski definition) is 2. The number of hydrogen-bond donors (Lipinski definition) is 0. The Bertz CT molecular complexity index is 645. The minimum atomic E-state index is 0.224. The standard InChI is InChI=1S/C20H23NO/c1-2-5-16-8-10-18(11-9-16)20(22)15-21-13-12-17-6-3-4-7-19(17)14-21/h3-4,6-11H,2,5,12-15H2,1H3. The normalized spacial score (nSPS) is 14.6. The predicted molar refractivity (Wildman–Crippen MR) is 90.2 cm³/mol. The summed E-state index contributed by atoms with van der Waals surface area (Å²) in [5, 5.41) is 0. The summed E-state index contributed by atoms with van der Waals surface area (Å²) < 4.78 is 0. The second kappa shape index (κ2) is 6.89. The number of benzene rings is 2. The second-order valence-electron chi connectivity index (χ2n) is 6.10. The number of aryl methyl sites for hydroxylation is 1. The van der Waals surface area contributed by atoms with E-state index < -0.39 is 0 Å². The van der Waals surface area contributed by atoms with E-state index in [0.29, 0.717) is 6.54 Å². The molecule has 0 bridgehead atoms. The number of rotatable bonds is 5. The first-order valence-corrected chi connectivity index (χ1v) is 8.17. The zero-order chi connectivity index (χ0) is 15.4. The van der Waals surface area contributed by atoms with Crippen molar-refractivity contribution < 1.29 is 4.79 Å². The van der Waals surface area contributed by atoms with Crippen molar-refractivity contribution in [3.8, 4) is 0 Å². The van der Waals surface area contributed by atoms with Crippen molar-refractivity contribution in [2.75, 3.05) is 13.1 Å². The molecule has 0 saturated carbocycles. The summed E-state index contributed by atoms with van der Waals surface area (Å²) in [6, 6.07) is 16.7. The van der Waals surface area contributed by atoms with Crippen LogP contribution in [0, 0.1) is 0 Å². The van der Waals surface area contributed by atoms with Gasteiger partial charge in [-0.1, -0.05) is 61.9 Å². The van der Waals surface area contributed by atoms with Crippen LogP contribution in [-0.4, -0.2) is 23.8 Å². The molecule has 3 rings (SSSR count). The van der Waals surface area contributed by atoms with Crippen LogP contribution in [0.25, 0.3) is 0 Å². The maximum Gasteiger partial charge on any atom is 0.176 e. The first-order chi connectivity index (χ1) is 10.8. The van der Waals surface area contributed by atoms with Crippen LogP contribution >= 0.6 is 0 Å². The van der Waals surface area contributed by atoms with Crippen molar-refractivity contribution in [2.45, 2.75) is 32.7 Å². The van der Waals surface area contributed by atoms with E-state index in [0.717, 1.165) is 37.9 Å². The van der Waals surface area contributed by atoms with Gasteiger partial charge in [-0.25, -0.2) is 0 Å². The van der Waals surface area contributed by atoms with Gasteiger partial charge in [0, 0.05) is 18.7 Å². The van der Waals surface area contributed by atoms with E-state index in [1.165, 1.54) is 16.7 Å². The number of fused-ring (bicyclic) bond motifs is 1. The molecule has 2 aromatic rings. The molecular formula is C20H23NO. The summed E-state index contributed by atoms with van der Waals surface area (Å²) in [5.41, 5.74) is 4.93. The quantitative estimate of drug-likeness (QED) is 0.780. The highest BCUT2D eigenvalue weighted by Crippen LogP contribution is 2.18. The first kappa shape index (κ1) is 15.0. The number of carbonyl (C=O) groups excluding carboxylic acids is 1. The Morgan fingerprint density at radius 2 is 1.77 bits per heavy atom. The summed E-state index contributed by atoms with van der Waals surface area (Å²) >= 11 is 0. The molecule has 0 saturated heterocycles. The van der Waals surface area contributed by atoms with Gasteiger partial charge >= 0.3 is 0 Å². The third-order valence-corrected chi connectivity index (χ3v) is 4.39. The molecule has 1 aliphatic rings. The van der Waals surface area contributed by atoms with Crippen molar-refractivity contribution in [3.05, 3.63) is 70.8 Å². The van der Waals surface area contributed by atoms with Crippen molar-refractivity contribution in [2.24, 2.45) is 0 Å². The van der Waals surface area contributed by atoms with E-state index in [9.17, 15) is 4.79 Å². The summed E-state index contributed by atoms with van der Waals surface area (Å²) in [6.07, 6.45) is 3.26. The Labute approximate surface area is 132 Å². The fourth-order valence-corrected chi connectivity index (χ4v) is 3.13. The minimum absolute atomic E-state index is 0.224. The van der Waals surface area contributed by atoms with Crippen molar-refractivity contribution in [1.29, 1.82) is 0 Å². The van der Waals surface area contributed by atoms with Crippen LogP contribution < -0.4 is 0 Å². The number of nitrogens with zero attached hydrogens (tertiary/aromatic N) is 1. The lowest BCUT2D eigenvalue weighted by atomic mass is 9.99. The highest BCUT2D eigenvalue weighted by atomic mass is 16.1. The third kappa shape index (κ3) is 3.45. The maximum absolute atomic E-state index is 12.5. The molecule has 114 valence electrons. The average molecular weight is 293 g/mol. The van der Waals surface area contributed by atoms with Crippen LogP contribution in [0.15, 0.2) is 48.5 Å². The molecule has 0 aromatic heterocycles. The molecule has 0 N–H and O–H groups in total. The molecule has 2 heteroatoms. The van der Waals surface area contributed by atoms with E-state index >= 15 is 0 Å². The van der Waals surface area contributed by atoms with Gasteiger partial charge in [-0.2, -0.15) is 0 Å². The fraction of sp³-hybridized carbons (Fsp3) is 0.350. The van der Waals surface area contributed by atoms with E-state index in [1.54, 1.807) is 0 Å². The van der Waals surface area contributed by atoms with Crippen LogP contribution in [0.4, 0.5) is 0 Å². The van der Waals surface area contributed by atoms with Gasteiger partial charge in [-0.15, -0.1) is 0 Å². The van der Waals surface area contributed by atoms with Gasteiger partial charge in [0.15, 0.2) is 5.78 Å². The Balaban J connectivity index is 1.62. The van der Waals surface area contributed by atoms with Crippen LogP contribution in [0.3, 0.4) is 0 Å². The lowest BCUT2D eigenvalue weighted by molar-refractivity contribution is 0.0921. The van der Waals surface area contributed by atoms with Crippen LogP contribution in [-0.2, 0) is 19.4 Å². The maximum atomic E-state index is 12.5. The van der Waals surface area contributed by atoms with Gasteiger partial charge in [-0.3, -0.25) is 9.69 Å². The van der Waals surface area contributed by atoms with E-state index in [2.05, 4.69) is 48.2 Å². The Kier molecular flexibility index (Phi) is 4.69. The predicted octanol–water partition coefficient (Wildman–Crippen LogP) is 3.88. The lowest BCUT2D eigenvalue weighted by Crippen LogP contribution is -2.34. The van der Waals surface area contributed by atoms with Crippen LogP contribution in [0.1, 0.15) is 40.4 Å². The molecule has 0 fully saturated rings. The summed E-state index contributed by atoms with van der Waals surface area (Å²) in [4.78, 5) is 14.7. The van der Waals surface area contributed by atoms with Gasteiger partial charge in [-0.05, 0) is 29.5 Å². The molecule has 0 atom stereocenters. The molecule has 2 aromatic carbocycles. The molecule has 2 nitrogen and oxygen atoms in total. The Hall–Kier alpha value is -1.93. The Morgan fingerprint density at radius 3 is 2.50 bits per heavy atom. The summed E-state index contributed by atoms with van der Waals surface area (Å²) in [6.45, 7) is 4.54.